The summed E-state index contributed by atoms with van der Waals surface area (Å²) in [5.74, 6) is -0.0775. The zero-order valence-electron chi connectivity index (χ0n) is 14.1. The Hall–Kier alpha value is -2.88. The molecule has 0 amide bonds. The number of ether oxygens (including phenoxy) is 1. The normalized spacial score (nSPS) is 10.8. The Morgan fingerprint density at radius 3 is 2.33 bits per heavy atom. The summed E-state index contributed by atoms with van der Waals surface area (Å²) < 4.78 is 10.8. The molecule has 0 fully saturated rings. The minimum Gasteiger partial charge on any atom is -0.465 e. The molecular formula is C20H18O4. The molecule has 0 saturated heterocycles. The lowest BCUT2D eigenvalue weighted by Gasteiger charge is -2.11. The maximum absolute atomic E-state index is 12.6. The molecule has 0 atom stereocenters. The molecule has 122 valence electrons. The highest BCUT2D eigenvalue weighted by molar-refractivity contribution is 6.04. The monoisotopic (exact) mass is 322 g/mol. The molecule has 4 heteroatoms. The van der Waals surface area contributed by atoms with E-state index in [1.54, 1.807) is 6.07 Å². The Morgan fingerprint density at radius 1 is 1.04 bits per heavy atom. The lowest BCUT2D eigenvalue weighted by molar-refractivity contribution is 0.0601. The first-order chi connectivity index (χ1) is 11.4. The van der Waals surface area contributed by atoms with E-state index in [0.29, 0.717) is 16.7 Å². The first kappa shape index (κ1) is 16.0. The van der Waals surface area contributed by atoms with Crippen molar-refractivity contribution < 1.29 is 13.9 Å². The highest BCUT2D eigenvalue weighted by Gasteiger charge is 2.20. The van der Waals surface area contributed by atoms with Gasteiger partial charge in [0.2, 0.25) is 0 Å². The number of aryl methyl sites for hydroxylation is 2. The van der Waals surface area contributed by atoms with Crippen molar-refractivity contribution in [3.05, 3.63) is 68.9 Å². The van der Waals surface area contributed by atoms with Crippen molar-refractivity contribution in [1.29, 1.82) is 0 Å². The summed E-state index contributed by atoms with van der Waals surface area (Å²) in [5, 5.41) is 0.384. The van der Waals surface area contributed by atoms with Gasteiger partial charge < -0.3 is 9.15 Å². The fraction of sp³-hybridized carbons (Fsp3) is 0.200. The van der Waals surface area contributed by atoms with E-state index < -0.39 is 5.97 Å². The van der Waals surface area contributed by atoms with Crippen LogP contribution >= 0.6 is 0 Å². The standard InChI is InChI=1S/C20H18O4/c1-11-5-7-14(8-6-11)17-10-16(21)15-9-12(2)13(3)18(19(15)24-17)20(22)23-4/h5-10H,1-4H3. The first-order valence-corrected chi connectivity index (χ1v) is 7.65. The predicted molar refractivity (Wildman–Crippen MR) is 93.5 cm³/mol. The van der Waals surface area contributed by atoms with E-state index in [4.69, 9.17) is 9.15 Å². The van der Waals surface area contributed by atoms with Crippen molar-refractivity contribution in [3.63, 3.8) is 0 Å². The Balaban J connectivity index is 2.37. The molecule has 0 saturated carbocycles. The van der Waals surface area contributed by atoms with Gasteiger partial charge in [0.15, 0.2) is 11.0 Å². The van der Waals surface area contributed by atoms with Crippen LogP contribution in [0.5, 0.6) is 0 Å². The molecule has 1 aromatic heterocycles. The van der Waals surface area contributed by atoms with E-state index in [1.807, 2.05) is 45.0 Å². The second kappa shape index (κ2) is 5.96. The second-order valence-corrected chi connectivity index (χ2v) is 5.90. The third-order valence-corrected chi connectivity index (χ3v) is 4.26. The molecule has 0 N–H and O–H groups in total. The summed E-state index contributed by atoms with van der Waals surface area (Å²) in [7, 11) is 1.32. The molecule has 2 aromatic carbocycles. The van der Waals surface area contributed by atoms with Crippen LogP contribution in [0.2, 0.25) is 0 Å². The molecule has 0 aliphatic rings. The smallest absolute Gasteiger partial charge is 0.341 e. The molecule has 4 nitrogen and oxygen atoms in total. The van der Waals surface area contributed by atoms with Gasteiger partial charge in [0.05, 0.1) is 12.5 Å². The molecule has 0 radical (unpaired) electrons. The maximum Gasteiger partial charge on any atom is 0.341 e. The van der Waals surface area contributed by atoms with Crippen LogP contribution in [-0.4, -0.2) is 13.1 Å². The van der Waals surface area contributed by atoms with E-state index in [-0.39, 0.29) is 11.0 Å². The van der Waals surface area contributed by atoms with E-state index in [1.165, 1.54) is 13.2 Å². The van der Waals surface area contributed by atoms with Gasteiger partial charge in [-0.05, 0) is 38.0 Å². The van der Waals surface area contributed by atoms with Crippen LogP contribution < -0.4 is 5.43 Å². The zero-order valence-corrected chi connectivity index (χ0v) is 14.1. The minimum atomic E-state index is -0.509. The van der Waals surface area contributed by atoms with Crippen LogP contribution in [0.3, 0.4) is 0 Å². The third kappa shape index (κ3) is 2.60. The van der Waals surface area contributed by atoms with E-state index in [0.717, 1.165) is 22.3 Å². The Kier molecular flexibility index (Phi) is 3.97. The van der Waals surface area contributed by atoms with Crippen molar-refractivity contribution >= 4 is 16.9 Å². The fourth-order valence-corrected chi connectivity index (χ4v) is 2.73. The molecule has 0 unspecified atom stereocenters. The SMILES string of the molecule is COC(=O)c1c(C)c(C)cc2c(=O)cc(-c3ccc(C)cc3)oc12. The van der Waals surface area contributed by atoms with Crippen molar-refractivity contribution in [1.82, 2.24) is 0 Å². The van der Waals surface area contributed by atoms with Gasteiger partial charge in [-0.1, -0.05) is 29.8 Å². The van der Waals surface area contributed by atoms with Gasteiger partial charge in [-0.3, -0.25) is 4.79 Å². The Morgan fingerprint density at radius 2 is 1.71 bits per heavy atom. The molecule has 0 spiro atoms. The quantitative estimate of drug-likeness (QED) is 0.664. The number of benzene rings is 2. The molecule has 3 rings (SSSR count). The van der Waals surface area contributed by atoms with Crippen LogP contribution in [-0.2, 0) is 4.74 Å². The van der Waals surface area contributed by atoms with Gasteiger partial charge in [0.1, 0.15) is 11.3 Å². The Labute approximate surface area is 139 Å². The molecule has 24 heavy (non-hydrogen) atoms. The number of rotatable bonds is 2. The lowest BCUT2D eigenvalue weighted by atomic mass is 9.99. The summed E-state index contributed by atoms with van der Waals surface area (Å²) in [6, 6.07) is 10.9. The second-order valence-electron chi connectivity index (χ2n) is 5.90. The number of carbonyl (C=O) groups excluding carboxylic acids is 1. The molecular weight excluding hydrogens is 304 g/mol. The van der Waals surface area contributed by atoms with E-state index in [2.05, 4.69) is 0 Å². The zero-order chi connectivity index (χ0) is 17.4. The van der Waals surface area contributed by atoms with Crippen molar-refractivity contribution in [3.8, 4) is 11.3 Å². The van der Waals surface area contributed by atoms with Crippen LogP contribution in [0.4, 0.5) is 0 Å². The molecule has 3 aromatic rings. The van der Waals surface area contributed by atoms with Crippen LogP contribution in [0.15, 0.2) is 45.6 Å². The number of fused-ring (bicyclic) bond motifs is 1. The van der Waals surface area contributed by atoms with Crippen molar-refractivity contribution in [2.24, 2.45) is 0 Å². The molecule has 1 heterocycles. The number of hydrogen-bond donors (Lipinski definition) is 0. The largest absolute Gasteiger partial charge is 0.465 e. The summed E-state index contributed by atoms with van der Waals surface area (Å²) in [6.45, 7) is 5.66. The molecule has 0 aliphatic heterocycles. The van der Waals surface area contributed by atoms with Gasteiger partial charge in [-0.15, -0.1) is 0 Å². The number of methoxy groups -OCH3 is 1. The Bertz CT molecular complexity index is 995. The van der Waals surface area contributed by atoms with Gasteiger partial charge in [-0.2, -0.15) is 0 Å². The van der Waals surface area contributed by atoms with E-state index >= 15 is 0 Å². The van der Waals surface area contributed by atoms with Crippen LogP contribution in [0.25, 0.3) is 22.3 Å². The lowest BCUT2D eigenvalue weighted by Crippen LogP contribution is -2.10. The first-order valence-electron chi connectivity index (χ1n) is 7.65. The van der Waals surface area contributed by atoms with Crippen LogP contribution in [0.1, 0.15) is 27.0 Å². The fourth-order valence-electron chi connectivity index (χ4n) is 2.73. The minimum absolute atomic E-state index is 0.180. The number of carbonyl (C=O) groups is 1. The average Bonchev–Trinajstić information content (AvgIpc) is 2.57. The van der Waals surface area contributed by atoms with Gasteiger partial charge in [0.25, 0.3) is 0 Å². The van der Waals surface area contributed by atoms with Crippen molar-refractivity contribution in [2.75, 3.05) is 7.11 Å². The van der Waals surface area contributed by atoms with Crippen molar-refractivity contribution in [2.45, 2.75) is 20.8 Å². The van der Waals surface area contributed by atoms with Gasteiger partial charge >= 0.3 is 5.97 Å². The van der Waals surface area contributed by atoms with Crippen LogP contribution in [0, 0.1) is 20.8 Å². The summed E-state index contributed by atoms with van der Waals surface area (Å²) in [6.07, 6.45) is 0. The summed E-state index contributed by atoms with van der Waals surface area (Å²) in [5.41, 5.74) is 3.89. The average molecular weight is 322 g/mol. The topological polar surface area (TPSA) is 56.5 Å². The summed E-state index contributed by atoms with van der Waals surface area (Å²) >= 11 is 0. The number of esters is 1. The highest BCUT2D eigenvalue weighted by Crippen LogP contribution is 2.28. The predicted octanol–water partition coefficient (Wildman–Crippen LogP) is 4.17. The van der Waals surface area contributed by atoms with Gasteiger partial charge in [0, 0.05) is 11.6 Å². The number of hydrogen-bond acceptors (Lipinski definition) is 4. The molecule has 0 bridgehead atoms. The van der Waals surface area contributed by atoms with Gasteiger partial charge in [-0.25, -0.2) is 4.79 Å². The maximum atomic E-state index is 12.6. The third-order valence-electron chi connectivity index (χ3n) is 4.26. The van der Waals surface area contributed by atoms with E-state index in [9.17, 15) is 9.59 Å². The molecule has 0 aliphatic carbocycles. The summed E-state index contributed by atoms with van der Waals surface area (Å²) in [4.78, 5) is 24.8. The highest BCUT2D eigenvalue weighted by atomic mass is 16.5.